The number of carbonyl (C=O) groups is 1. The van der Waals surface area contributed by atoms with Gasteiger partial charge in [0.1, 0.15) is 11.6 Å². The van der Waals surface area contributed by atoms with Crippen molar-refractivity contribution in [2.75, 3.05) is 11.4 Å². The van der Waals surface area contributed by atoms with Crippen LogP contribution in [-0.4, -0.2) is 17.3 Å². The van der Waals surface area contributed by atoms with Gasteiger partial charge in [-0.3, -0.25) is 14.9 Å². The Balaban J connectivity index is 0.00000342. The normalized spacial score (nSPS) is 15.2. The van der Waals surface area contributed by atoms with Crippen LogP contribution in [-0.2, 0) is 17.6 Å². The second-order valence-corrected chi connectivity index (χ2v) is 8.56. The first-order valence-corrected chi connectivity index (χ1v) is 11.0. The van der Waals surface area contributed by atoms with E-state index < -0.39 is 16.5 Å². The van der Waals surface area contributed by atoms with Crippen LogP contribution in [0.25, 0.3) is 6.08 Å². The molecule has 1 heterocycles. The fourth-order valence-corrected chi connectivity index (χ4v) is 4.47. The number of allylic oxidation sites excluding steroid dienone is 1. The first kappa shape index (κ1) is 27.2. The second-order valence-electron chi connectivity index (χ2n) is 8.56. The number of anilines is 1. The summed E-state index contributed by atoms with van der Waals surface area (Å²) in [5.74, 6) is -1.77. The molecule has 0 bridgehead atoms. The largest absolute Gasteiger partial charge is 1.00 e. The van der Waals surface area contributed by atoms with Crippen molar-refractivity contribution >= 4 is 23.2 Å². The van der Waals surface area contributed by atoms with Crippen molar-refractivity contribution in [1.29, 1.82) is 0 Å². The minimum absolute atomic E-state index is 0. The van der Waals surface area contributed by atoms with E-state index in [2.05, 4.69) is 17.0 Å². The van der Waals surface area contributed by atoms with Crippen LogP contribution in [0.4, 0.5) is 15.8 Å². The average molecular weight is 499 g/mol. The molecular weight excluding hydrogens is 474 g/mol. The average Bonchev–Trinajstić information content (AvgIpc) is 2.80. The molecule has 174 valence electrons. The Bertz CT molecular complexity index is 1290. The summed E-state index contributed by atoms with van der Waals surface area (Å²) in [4.78, 5) is 24.7. The van der Waals surface area contributed by atoms with Crippen LogP contribution in [0.1, 0.15) is 40.8 Å². The van der Waals surface area contributed by atoms with Gasteiger partial charge in [-0.05, 0) is 73.7 Å². The Kier molecular flexibility index (Phi) is 9.01. The summed E-state index contributed by atoms with van der Waals surface area (Å²) in [6.45, 7) is 3.90. The van der Waals surface area contributed by atoms with Gasteiger partial charge in [0, 0.05) is 18.3 Å². The number of fused-ring (bicyclic) bond motifs is 1. The van der Waals surface area contributed by atoms with E-state index in [4.69, 9.17) is 0 Å². The molecule has 8 heteroatoms. The van der Waals surface area contributed by atoms with Gasteiger partial charge in [0.2, 0.25) is 0 Å². The number of hydrogen-bond acceptors (Lipinski definition) is 5. The molecule has 0 saturated heterocycles. The number of aryl methyl sites for hydroxylation is 1. The first-order chi connectivity index (χ1) is 16.2. The maximum absolute atomic E-state index is 13.5. The molecule has 0 aromatic heterocycles. The van der Waals surface area contributed by atoms with Crippen LogP contribution < -0.4 is 61.4 Å². The Hall–Kier alpha value is -2.36. The summed E-state index contributed by atoms with van der Waals surface area (Å²) in [6.07, 6.45) is 2.33. The molecular formula is C27H24FKN2O4. The summed E-state index contributed by atoms with van der Waals surface area (Å²) in [7, 11) is 0. The van der Waals surface area contributed by atoms with Gasteiger partial charge in [-0.15, -0.1) is 0 Å². The number of nitrogens with zero attached hydrogens (tertiary/aromatic N) is 2. The molecule has 0 spiro atoms. The van der Waals surface area contributed by atoms with Gasteiger partial charge in [-0.1, -0.05) is 41.7 Å². The zero-order valence-corrected chi connectivity index (χ0v) is 23.1. The third-order valence-corrected chi connectivity index (χ3v) is 6.17. The molecule has 35 heavy (non-hydrogen) atoms. The van der Waals surface area contributed by atoms with Crippen LogP contribution >= 0.6 is 0 Å². The molecule has 0 saturated carbocycles. The number of ketones is 1. The Labute approximate surface area is 246 Å². The summed E-state index contributed by atoms with van der Waals surface area (Å²) in [5.41, 5.74) is 5.01. The molecule has 3 aromatic rings. The number of rotatable bonds is 6. The van der Waals surface area contributed by atoms with E-state index in [0.29, 0.717) is 6.42 Å². The number of hydrogen-bond donors (Lipinski definition) is 0. The van der Waals surface area contributed by atoms with E-state index in [9.17, 15) is 24.4 Å². The molecule has 1 atom stereocenters. The standard InChI is InChI=1S/C27H25FN2O4.K/c1-17-3-10-24-20(13-17)11-12-29(23-8-6-22(28)7-9-23)26(24)15-19-4-5-21(16-27(32)18(2)31)25(14-19)30(33)34;/h3-10,13-14,16,26,32H,11-12,15H2,1-2H3;/q;+1/p-1. The number of halogens is 1. The van der Waals surface area contributed by atoms with E-state index >= 15 is 0 Å². The summed E-state index contributed by atoms with van der Waals surface area (Å²) < 4.78 is 13.5. The first-order valence-electron chi connectivity index (χ1n) is 11.0. The Morgan fingerprint density at radius 1 is 1.14 bits per heavy atom. The third-order valence-electron chi connectivity index (χ3n) is 6.17. The number of benzene rings is 3. The predicted molar refractivity (Wildman–Crippen MR) is 127 cm³/mol. The number of nitro groups is 1. The van der Waals surface area contributed by atoms with Crippen molar-refractivity contribution in [1.82, 2.24) is 0 Å². The molecule has 1 aliphatic rings. The molecule has 0 N–H and O–H groups in total. The molecule has 0 aliphatic carbocycles. The van der Waals surface area contributed by atoms with Crippen molar-refractivity contribution in [3.63, 3.8) is 0 Å². The van der Waals surface area contributed by atoms with Crippen LogP contribution in [0.2, 0.25) is 0 Å². The molecule has 0 amide bonds. The van der Waals surface area contributed by atoms with Crippen molar-refractivity contribution in [2.24, 2.45) is 0 Å². The van der Waals surface area contributed by atoms with E-state index in [-0.39, 0.29) is 74.5 Å². The zero-order valence-electron chi connectivity index (χ0n) is 20.0. The SMILES string of the molecule is CC(=O)C([O-])=Cc1ccc(CC2c3ccc(C)cc3CCN2c2ccc(F)cc2)cc1[N+](=O)[O-].[K+]. The van der Waals surface area contributed by atoms with Crippen LogP contribution in [0.3, 0.4) is 0 Å². The van der Waals surface area contributed by atoms with E-state index in [1.807, 2.05) is 13.0 Å². The van der Waals surface area contributed by atoms with Gasteiger partial charge < -0.3 is 10.0 Å². The fraction of sp³-hybridized carbons (Fsp3) is 0.222. The maximum atomic E-state index is 13.5. The van der Waals surface area contributed by atoms with E-state index in [1.165, 1.54) is 35.4 Å². The van der Waals surface area contributed by atoms with Gasteiger partial charge in [-0.25, -0.2) is 4.39 Å². The van der Waals surface area contributed by atoms with Gasteiger partial charge in [0.15, 0.2) is 0 Å². The number of carbonyl (C=O) groups excluding carboxylic acids is 1. The molecule has 3 aromatic carbocycles. The topological polar surface area (TPSA) is 86.5 Å². The Morgan fingerprint density at radius 2 is 1.86 bits per heavy atom. The summed E-state index contributed by atoms with van der Waals surface area (Å²) in [5, 5.41) is 23.5. The van der Waals surface area contributed by atoms with Crippen molar-refractivity contribution in [3.05, 3.63) is 110 Å². The molecule has 6 nitrogen and oxygen atoms in total. The Morgan fingerprint density at radius 3 is 2.51 bits per heavy atom. The van der Waals surface area contributed by atoms with E-state index in [1.54, 1.807) is 18.2 Å². The monoisotopic (exact) mass is 498 g/mol. The number of Topliss-reactive ketones (excluding diaryl/α,β-unsaturated/α-hetero) is 1. The van der Waals surface area contributed by atoms with Gasteiger partial charge in [-0.2, -0.15) is 0 Å². The van der Waals surface area contributed by atoms with Crippen LogP contribution in [0.5, 0.6) is 0 Å². The fourth-order valence-electron chi connectivity index (χ4n) is 4.47. The quantitative estimate of drug-likeness (QED) is 0.170. The molecule has 4 rings (SSSR count). The van der Waals surface area contributed by atoms with Gasteiger partial charge in [0.05, 0.1) is 16.5 Å². The molecule has 1 unspecified atom stereocenters. The van der Waals surface area contributed by atoms with Gasteiger partial charge >= 0.3 is 51.4 Å². The smallest absolute Gasteiger partial charge is 0.870 e. The van der Waals surface area contributed by atoms with Crippen LogP contribution in [0, 0.1) is 22.9 Å². The minimum atomic E-state index is -0.782. The van der Waals surface area contributed by atoms with Crippen LogP contribution in [0.15, 0.2) is 66.4 Å². The maximum Gasteiger partial charge on any atom is 1.00 e. The van der Waals surface area contributed by atoms with Crippen molar-refractivity contribution < 1.29 is 70.6 Å². The van der Waals surface area contributed by atoms with Crippen molar-refractivity contribution in [2.45, 2.75) is 32.7 Å². The third kappa shape index (κ3) is 6.26. The molecule has 1 aliphatic heterocycles. The van der Waals surface area contributed by atoms with Crippen molar-refractivity contribution in [3.8, 4) is 0 Å². The van der Waals surface area contributed by atoms with E-state index in [0.717, 1.165) is 42.8 Å². The summed E-state index contributed by atoms with van der Waals surface area (Å²) in [6, 6.07) is 17.3. The number of nitro benzene ring substituents is 1. The predicted octanol–water partition coefficient (Wildman–Crippen LogP) is 1.68. The summed E-state index contributed by atoms with van der Waals surface area (Å²) >= 11 is 0. The molecule has 0 fully saturated rings. The molecule has 0 radical (unpaired) electrons. The second kappa shape index (κ2) is 11.6. The minimum Gasteiger partial charge on any atom is -0.870 e. The van der Waals surface area contributed by atoms with Gasteiger partial charge in [0.25, 0.3) is 5.69 Å². The zero-order chi connectivity index (χ0) is 24.4.